The van der Waals surface area contributed by atoms with Gasteiger partial charge in [-0.25, -0.2) is 4.79 Å². The van der Waals surface area contributed by atoms with Gasteiger partial charge in [0.1, 0.15) is 5.76 Å². The van der Waals surface area contributed by atoms with Crippen LogP contribution in [0.5, 0.6) is 0 Å². The number of amides is 1. The smallest absolute Gasteiger partial charge is 0.337 e. The molecule has 1 amide bonds. The standard InChI is InChI=1S/C16H15NO4/c1-20-16(19)13-7-4-12(5-8-13)6-9-15(18)17-11-14-3-2-10-21-14/h2-10H,11H2,1H3,(H,17,18)/b9-6+. The van der Waals surface area contributed by atoms with Gasteiger partial charge in [-0.1, -0.05) is 12.1 Å². The molecule has 1 aromatic heterocycles. The van der Waals surface area contributed by atoms with Crippen LogP contribution in [-0.2, 0) is 16.1 Å². The van der Waals surface area contributed by atoms with Gasteiger partial charge in [0.15, 0.2) is 0 Å². The van der Waals surface area contributed by atoms with Crippen LogP contribution in [0.3, 0.4) is 0 Å². The fourth-order valence-corrected chi connectivity index (χ4v) is 1.67. The minimum Gasteiger partial charge on any atom is -0.467 e. The average molecular weight is 285 g/mol. The summed E-state index contributed by atoms with van der Waals surface area (Å²) >= 11 is 0. The summed E-state index contributed by atoms with van der Waals surface area (Å²) in [5.74, 6) is 0.0874. The fraction of sp³-hybridized carbons (Fsp3) is 0.125. The van der Waals surface area contributed by atoms with Crippen molar-refractivity contribution >= 4 is 18.0 Å². The van der Waals surface area contributed by atoms with Crippen LogP contribution in [0.15, 0.2) is 53.2 Å². The first kappa shape index (κ1) is 14.6. The molecule has 0 aliphatic carbocycles. The molecule has 0 bridgehead atoms. The van der Waals surface area contributed by atoms with Crippen LogP contribution in [0.4, 0.5) is 0 Å². The molecular formula is C16H15NO4. The molecule has 2 aromatic rings. The van der Waals surface area contributed by atoms with E-state index >= 15 is 0 Å². The molecule has 21 heavy (non-hydrogen) atoms. The number of furan rings is 1. The van der Waals surface area contributed by atoms with Crippen LogP contribution in [-0.4, -0.2) is 19.0 Å². The highest BCUT2D eigenvalue weighted by Gasteiger charge is 2.03. The van der Waals surface area contributed by atoms with Gasteiger partial charge in [-0.2, -0.15) is 0 Å². The number of nitrogens with one attached hydrogen (secondary N) is 1. The quantitative estimate of drug-likeness (QED) is 0.676. The molecule has 0 fully saturated rings. The van der Waals surface area contributed by atoms with Gasteiger partial charge in [0.2, 0.25) is 5.91 Å². The molecule has 0 atom stereocenters. The Hall–Kier alpha value is -2.82. The van der Waals surface area contributed by atoms with Crippen molar-refractivity contribution in [2.75, 3.05) is 7.11 Å². The largest absolute Gasteiger partial charge is 0.467 e. The zero-order valence-electron chi connectivity index (χ0n) is 11.5. The Morgan fingerprint density at radius 1 is 1.24 bits per heavy atom. The van der Waals surface area contributed by atoms with Gasteiger partial charge >= 0.3 is 5.97 Å². The number of carbonyl (C=O) groups excluding carboxylic acids is 2. The van der Waals surface area contributed by atoms with E-state index in [1.165, 1.54) is 13.2 Å². The van der Waals surface area contributed by atoms with Gasteiger partial charge < -0.3 is 14.5 Å². The molecule has 5 heteroatoms. The molecule has 0 spiro atoms. The van der Waals surface area contributed by atoms with E-state index in [1.807, 2.05) is 0 Å². The van der Waals surface area contributed by atoms with Crippen LogP contribution in [0.2, 0.25) is 0 Å². The maximum Gasteiger partial charge on any atom is 0.337 e. The lowest BCUT2D eigenvalue weighted by Gasteiger charge is -2.00. The van der Waals surface area contributed by atoms with Crippen LogP contribution in [0, 0.1) is 0 Å². The molecule has 0 aliphatic heterocycles. The Bertz CT molecular complexity index is 627. The second kappa shape index (κ2) is 7.09. The molecule has 0 saturated carbocycles. The molecule has 1 aromatic carbocycles. The van der Waals surface area contributed by atoms with E-state index in [-0.39, 0.29) is 11.9 Å². The van der Waals surface area contributed by atoms with Crippen LogP contribution < -0.4 is 5.32 Å². The minimum atomic E-state index is -0.387. The van der Waals surface area contributed by atoms with Crippen molar-refractivity contribution in [1.82, 2.24) is 5.32 Å². The molecule has 5 nitrogen and oxygen atoms in total. The zero-order chi connectivity index (χ0) is 15.1. The average Bonchev–Trinajstić information content (AvgIpc) is 3.04. The molecule has 0 radical (unpaired) electrons. The third kappa shape index (κ3) is 4.35. The Kier molecular flexibility index (Phi) is 4.93. The van der Waals surface area contributed by atoms with Gasteiger partial charge in [-0.3, -0.25) is 4.79 Å². The highest BCUT2D eigenvalue weighted by molar-refractivity contribution is 5.92. The van der Waals surface area contributed by atoms with E-state index in [1.54, 1.807) is 48.7 Å². The summed E-state index contributed by atoms with van der Waals surface area (Å²) in [6.45, 7) is 0.345. The molecule has 108 valence electrons. The Labute approximate surface area is 122 Å². The zero-order valence-corrected chi connectivity index (χ0v) is 11.5. The van der Waals surface area contributed by atoms with Crippen LogP contribution in [0.25, 0.3) is 6.08 Å². The first-order chi connectivity index (χ1) is 10.2. The molecule has 2 rings (SSSR count). The number of benzene rings is 1. The molecule has 1 heterocycles. The lowest BCUT2D eigenvalue weighted by molar-refractivity contribution is -0.116. The predicted octanol–water partition coefficient (Wildman–Crippen LogP) is 2.40. The summed E-state index contributed by atoms with van der Waals surface area (Å²) in [5.41, 5.74) is 1.28. The lowest BCUT2D eigenvalue weighted by atomic mass is 10.1. The van der Waals surface area contributed by atoms with Crippen molar-refractivity contribution in [2.24, 2.45) is 0 Å². The summed E-state index contributed by atoms with van der Waals surface area (Å²) in [6.07, 6.45) is 4.65. The number of rotatable bonds is 5. The molecule has 1 N–H and O–H groups in total. The summed E-state index contributed by atoms with van der Waals surface area (Å²) in [7, 11) is 1.33. The highest BCUT2D eigenvalue weighted by atomic mass is 16.5. The number of ether oxygens (including phenoxy) is 1. The second-order valence-electron chi connectivity index (χ2n) is 4.24. The van der Waals surface area contributed by atoms with E-state index in [2.05, 4.69) is 10.1 Å². The van der Waals surface area contributed by atoms with Crippen molar-refractivity contribution in [2.45, 2.75) is 6.54 Å². The molecule has 0 aliphatic rings. The van der Waals surface area contributed by atoms with Crippen molar-refractivity contribution in [1.29, 1.82) is 0 Å². The van der Waals surface area contributed by atoms with E-state index < -0.39 is 0 Å². The van der Waals surface area contributed by atoms with Crippen molar-refractivity contribution < 1.29 is 18.7 Å². The van der Waals surface area contributed by atoms with Gasteiger partial charge in [0, 0.05) is 6.08 Å². The lowest BCUT2D eigenvalue weighted by Crippen LogP contribution is -2.19. The minimum absolute atomic E-state index is 0.219. The van der Waals surface area contributed by atoms with E-state index in [0.29, 0.717) is 17.9 Å². The van der Waals surface area contributed by atoms with Crippen LogP contribution >= 0.6 is 0 Å². The van der Waals surface area contributed by atoms with Gasteiger partial charge in [-0.15, -0.1) is 0 Å². The molecule has 0 saturated heterocycles. The monoisotopic (exact) mass is 285 g/mol. The third-order valence-corrected chi connectivity index (χ3v) is 2.78. The SMILES string of the molecule is COC(=O)c1ccc(/C=C/C(=O)NCc2ccco2)cc1. The third-order valence-electron chi connectivity index (χ3n) is 2.78. The number of methoxy groups -OCH3 is 1. The van der Waals surface area contributed by atoms with E-state index in [0.717, 1.165) is 5.56 Å². The number of esters is 1. The summed E-state index contributed by atoms with van der Waals surface area (Å²) in [5, 5.41) is 2.70. The molecule has 0 unspecified atom stereocenters. The van der Waals surface area contributed by atoms with Crippen molar-refractivity contribution in [3.8, 4) is 0 Å². The van der Waals surface area contributed by atoms with Gasteiger partial charge in [-0.05, 0) is 35.9 Å². The molecular weight excluding hydrogens is 270 g/mol. The first-order valence-corrected chi connectivity index (χ1v) is 6.35. The number of carbonyl (C=O) groups is 2. The van der Waals surface area contributed by atoms with E-state index in [4.69, 9.17) is 4.42 Å². The van der Waals surface area contributed by atoms with E-state index in [9.17, 15) is 9.59 Å². The Morgan fingerprint density at radius 2 is 2.00 bits per heavy atom. The second-order valence-corrected chi connectivity index (χ2v) is 4.24. The van der Waals surface area contributed by atoms with Gasteiger partial charge in [0.25, 0.3) is 0 Å². The fourth-order valence-electron chi connectivity index (χ4n) is 1.67. The van der Waals surface area contributed by atoms with Gasteiger partial charge in [0.05, 0.1) is 25.5 Å². The summed E-state index contributed by atoms with van der Waals surface area (Å²) < 4.78 is 9.72. The van der Waals surface area contributed by atoms with Crippen LogP contribution in [0.1, 0.15) is 21.7 Å². The Morgan fingerprint density at radius 3 is 2.62 bits per heavy atom. The maximum absolute atomic E-state index is 11.6. The normalized spacial score (nSPS) is 10.5. The summed E-state index contributed by atoms with van der Waals surface area (Å²) in [6, 6.07) is 10.3. The topological polar surface area (TPSA) is 68.5 Å². The number of hydrogen-bond donors (Lipinski definition) is 1. The van der Waals surface area contributed by atoms with Crippen molar-refractivity contribution in [3.05, 3.63) is 65.6 Å². The summed E-state index contributed by atoms with van der Waals surface area (Å²) in [4.78, 5) is 22.9. The Balaban J connectivity index is 1.88. The highest BCUT2D eigenvalue weighted by Crippen LogP contribution is 2.07. The maximum atomic E-state index is 11.6. The van der Waals surface area contributed by atoms with Crippen molar-refractivity contribution in [3.63, 3.8) is 0 Å². The predicted molar refractivity (Wildman–Crippen MR) is 77.4 cm³/mol. The first-order valence-electron chi connectivity index (χ1n) is 6.35. The number of hydrogen-bond acceptors (Lipinski definition) is 4.